The van der Waals surface area contributed by atoms with Gasteiger partial charge in [0, 0.05) is 17.0 Å². The van der Waals surface area contributed by atoms with Gasteiger partial charge in [-0.25, -0.2) is 0 Å². The molecule has 0 radical (unpaired) electrons. The van der Waals surface area contributed by atoms with Gasteiger partial charge in [-0.2, -0.15) is 0 Å². The van der Waals surface area contributed by atoms with E-state index in [1.165, 1.54) is 29.7 Å². The van der Waals surface area contributed by atoms with E-state index in [1.54, 1.807) is 0 Å². The van der Waals surface area contributed by atoms with Crippen molar-refractivity contribution in [3.05, 3.63) is 21.9 Å². The van der Waals surface area contributed by atoms with Crippen molar-refractivity contribution in [2.24, 2.45) is 0 Å². The number of aryl methyl sites for hydroxylation is 1. The molecule has 1 aliphatic carbocycles. The van der Waals surface area contributed by atoms with Crippen LogP contribution in [0.1, 0.15) is 43.2 Å². The smallest absolute Gasteiger partial charge is 0.0662 e. The molecule has 0 saturated carbocycles. The largest absolute Gasteiger partial charge is 0.392 e. The van der Waals surface area contributed by atoms with Crippen molar-refractivity contribution in [3.63, 3.8) is 0 Å². The number of nitrogens with one attached hydrogen (secondary N) is 1. The van der Waals surface area contributed by atoms with E-state index in [1.807, 2.05) is 25.2 Å². The van der Waals surface area contributed by atoms with Gasteiger partial charge in [-0.3, -0.25) is 0 Å². The van der Waals surface area contributed by atoms with Gasteiger partial charge in [0.1, 0.15) is 0 Å². The molecule has 3 heteroatoms. The van der Waals surface area contributed by atoms with Crippen molar-refractivity contribution >= 4 is 11.3 Å². The lowest BCUT2D eigenvalue weighted by Gasteiger charge is -2.28. The van der Waals surface area contributed by atoms with Gasteiger partial charge in [-0.1, -0.05) is 0 Å². The van der Waals surface area contributed by atoms with E-state index < -0.39 is 0 Å². The van der Waals surface area contributed by atoms with E-state index in [0.717, 1.165) is 0 Å². The standard InChI is InChI=1S/C12H19NOS/c1-8(9(2)14)13-11-4-3-5-12-10(11)6-7-15-12/h6-9,11,13-14H,3-5H2,1-2H3. The zero-order chi connectivity index (χ0) is 10.8. The summed E-state index contributed by atoms with van der Waals surface area (Å²) in [7, 11) is 0. The average molecular weight is 225 g/mol. The molecule has 0 bridgehead atoms. The van der Waals surface area contributed by atoms with Crippen molar-refractivity contribution in [3.8, 4) is 0 Å². The maximum Gasteiger partial charge on any atom is 0.0662 e. The Bertz CT molecular complexity index is 321. The van der Waals surface area contributed by atoms with Crippen LogP contribution in [0.4, 0.5) is 0 Å². The normalized spacial score (nSPS) is 24.6. The van der Waals surface area contributed by atoms with Gasteiger partial charge in [-0.15, -0.1) is 11.3 Å². The third kappa shape index (κ3) is 2.41. The molecule has 15 heavy (non-hydrogen) atoms. The number of thiophene rings is 1. The lowest BCUT2D eigenvalue weighted by Crippen LogP contribution is -2.39. The van der Waals surface area contributed by atoms with Crippen molar-refractivity contribution in [1.82, 2.24) is 5.32 Å². The van der Waals surface area contributed by atoms with E-state index in [4.69, 9.17) is 0 Å². The third-order valence-electron chi connectivity index (χ3n) is 3.24. The molecule has 1 aromatic rings. The van der Waals surface area contributed by atoms with Crippen molar-refractivity contribution in [2.45, 2.75) is 51.3 Å². The summed E-state index contributed by atoms with van der Waals surface area (Å²) < 4.78 is 0. The molecular formula is C12H19NOS. The van der Waals surface area contributed by atoms with Crippen LogP contribution < -0.4 is 5.32 Å². The molecule has 3 unspecified atom stereocenters. The summed E-state index contributed by atoms with van der Waals surface area (Å²) >= 11 is 1.86. The quantitative estimate of drug-likeness (QED) is 0.828. The fourth-order valence-corrected chi connectivity index (χ4v) is 3.10. The Kier molecular flexibility index (Phi) is 3.44. The molecule has 1 heterocycles. The highest BCUT2D eigenvalue weighted by atomic mass is 32.1. The first-order valence-corrected chi connectivity index (χ1v) is 6.57. The van der Waals surface area contributed by atoms with Crippen LogP contribution in [0.15, 0.2) is 11.4 Å². The fourth-order valence-electron chi connectivity index (χ4n) is 2.12. The van der Waals surface area contributed by atoms with Gasteiger partial charge < -0.3 is 10.4 Å². The second kappa shape index (κ2) is 4.64. The monoisotopic (exact) mass is 225 g/mol. The molecule has 3 atom stereocenters. The van der Waals surface area contributed by atoms with Gasteiger partial charge in [0.15, 0.2) is 0 Å². The first kappa shape index (κ1) is 11.1. The number of aliphatic hydroxyl groups excluding tert-OH is 1. The maximum absolute atomic E-state index is 9.49. The van der Waals surface area contributed by atoms with Crippen LogP contribution in [-0.4, -0.2) is 17.3 Å². The molecule has 2 rings (SSSR count). The topological polar surface area (TPSA) is 32.3 Å². The Labute approximate surface area is 95.3 Å². The lowest BCUT2D eigenvalue weighted by molar-refractivity contribution is 0.144. The predicted molar refractivity (Wildman–Crippen MR) is 64.3 cm³/mol. The molecule has 0 fully saturated rings. The zero-order valence-corrected chi connectivity index (χ0v) is 10.2. The molecule has 1 aromatic heterocycles. The molecule has 1 aliphatic rings. The second-order valence-corrected chi connectivity index (χ2v) is 5.44. The minimum atomic E-state index is -0.283. The van der Waals surface area contributed by atoms with E-state index in [9.17, 15) is 5.11 Å². The summed E-state index contributed by atoms with van der Waals surface area (Å²) in [6, 6.07) is 2.84. The fraction of sp³-hybridized carbons (Fsp3) is 0.667. The highest BCUT2D eigenvalue weighted by Crippen LogP contribution is 2.33. The molecule has 0 amide bonds. The molecule has 84 valence electrons. The Hall–Kier alpha value is -0.380. The summed E-state index contributed by atoms with van der Waals surface area (Å²) in [5.74, 6) is 0. The number of fused-ring (bicyclic) bond motifs is 1. The molecule has 0 saturated heterocycles. The van der Waals surface area contributed by atoms with E-state index in [0.29, 0.717) is 6.04 Å². The Balaban J connectivity index is 2.06. The van der Waals surface area contributed by atoms with Crippen LogP contribution in [0.2, 0.25) is 0 Å². The molecular weight excluding hydrogens is 206 g/mol. The summed E-state index contributed by atoms with van der Waals surface area (Å²) in [6.07, 6.45) is 3.40. The van der Waals surface area contributed by atoms with Crippen LogP contribution in [0, 0.1) is 0 Å². The maximum atomic E-state index is 9.49. The van der Waals surface area contributed by atoms with Gasteiger partial charge >= 0.3 is 0 Å². The number of rotatable bonds is 3. The van der Waals surface area contributed by atoms with Crippen LogP contribution in [0.3, 0.4) is 0 Å². The zero-order valence-electron chi connectivity index (χ0n) is 9.36. The lowest BCUT2D eigenvalue weighted by atomic mass is 9.93. The van der Waals surface area contributed by atoms with Crippen LogP contribution in [0.5, 0.6) is 0 Å². The third-order valence-corrected chi connectivity index (χ3v) is 4.24. The second-order valence-electron chi connectivity index (χ2n) is 4.44. The van der Waals surface area contributed by atoms with Crippen LogP contribution in [-0.2, 0) is 6.42 Å². The van der Waals surface area contributed by atoms with Gasteiger partial charge in [-0.05, 0) is 50.1 Å². The highest BCUT2D eigenvalue weighted by molar-refractivity contribution is 7.10. The van der Waals surface area contributed by atoms with E-state index in [-0.39, 0.29) is 12.1 Å². The van der Waals surface area contributed by atoms with Gasteiger partial charge in [0.2, 0.25) is 0 Å². The minimum Gasteiger partial charge on any atom is -0.392 e. The number of hydrogen-bond donors (Lipinski definition) is 2. The summed E-state index contributed by atoms with van der Waals surface area (Å²) in [5.41, 5.74) is 1.46. The summed E-state index contributed by atoms with van der Waals surface area (Å²) in [6.45, 7) is 3.89. The van der Waals surface area contributed by atoms with Gasteiger partial charge in [0.25, 0.3) is 0 Å². The number of aliphatic hydroxyl groups is 1. The average Bonchev–Trinajstić information content (AvgIpc) is 2.66. The predicted octanol–water partition coefficient (Wildman–Crippen LogP) is 2.48. The highest BCUT2D eigenvalue weighted by Gasteiger charge is 2.23. The van der Waals surface area contributed by atoms with E-state index in [2.05, 4.69) is 16.8 Å². The molecule has 0 spiro atoms. The molecule has 2 N–H and O–H groups in total. The van der Waals surface area contributed by atoms with Crippen molar-refractivity contribution in [2.75, 3.05) is 0 Å². The Morgan fingerprint density at radius 2 is 2.33 bits per heavy atom. The summed E-state index contributed by atoms with van der Waals surface area (Å²) in [4.78, 5) is 1.52. The first-order valence-electron chi connectivity index (χ1n) is 5.69. The Morgan fingerprint density at radius 3 is 3.07 bits per heavy atom. The van der Waals surface area contributed by atoms with E-state index >= 15 is 0 Å². The van der Waals surface area contributed by atoms with Crippen LogP contribution >= 0.6 is 11.3 Å². The minimum absolute atomic E-state index is 0.167. The van der Waals surface area contributed by atoms with Crippen molar-refractivity contribution in [1.29, 1.82) is 0 Å². The SMILES string of the molecule is CC(O)C(C)NC1CCCc2sccc21. The summed E-state index contributed by atoms with van der Waals surface area (Å²) in [5, 5.41) is 15.2. The molecule has 0 aromatic carbocycles. The number of hydrogen-bond acceptors (Lipinski definition) is 3. The Morgan fingerprint density at radius 1 is 1.53 bits per heavy atom. The van der Waals surface area contributed by atoms with Gasteiger partial charge in [0.05, 0.1) is 6.10 Å². The first-order chi connectivity index (χ1) is 7.18. The molecule has 2 nitrogen and oxygen atoms in total. The van der Waals surface area contributed by atoms with Crippen LogP contribution in [0.25, 0.3) is 0 Å². The molecule has 0 aliphatic heterocycles. The van der Waals surface area contributed by atoms with Crippen molar-refractivity contribution < 1.29 is 5.11 Å².